The van der Waals surface area contributed by atoms with Gasteiger partial charge in [-0.25, -0.2) is 8.78 Å². The predicted molar refractivity (Wildman–Crippen MR) is 134 cm³/mol. The Morgan fingerprint density at radius 3 is 1.66 bits per heavy atom. The molecule has 0 N–H and O–H groups in total. The third-order valence-corrected chi connectivity index (χ3v) is 6.93. The zero-order chi connectivity index (χ0) is 24.8. The van der Waals surface area contributed by atoms with Crippen LogP contribution in [0.25, 0.3) is 11.1 Å². The van der Waals surface area contributed by atoms with Crippen LogP contribution in [-0.4, -0.2) is 47.8 Å². The van der Waals surface area contributed by atoms with Crippen molar-refractivity contribution < 1.29 is 18.4 Å². The zero-order valence-electron chi connectivity index (χ0n) is 20.2. The SMILES string of the molecule is CC(CCC(=O)N1CC=C(c2ccc(F)cc2)CC1)CC(=O)N1CC=C(c2ccc(F)cc2)CC1. The molecule has 2 aliphatic heterocycles. The van der Waals surface area contributed by atoms with E-state index in [1.54, 1.807) is 24.3 Å². The smallest absolute Gasteiger partial charge is 0.223 e. The van der Waals surface area contributed by atoms with Gasteiger partial charge in [-0.15, -0.1) is 0 Å². The molecule has 0 radical (unpaired) electrons. The highest BCUT2D eigenvalue weighted by Gasteiger charge is 2.22. The summed E-state index contributed by atoms with van der Waals surface area (Å²) in [6, 6.07) is 12.9. The van der Waals surface area contributed by atoms with Gasteiger partial charge >= 0.3 is 0 Å². The largest absolute Gasteiger partial charge is 0.339 e. The number of rotatable bonds is 7. The van der Waals surface area contributed by atoms with Crippen molar-refractivity contribution in [1.29, 1.82) is 0 Å². The summed E-state index contributed by atoms with van der Waals surface area (Å²) in [4.78, 5) is 29.2. The first-order chi connectivity index (χ1) is 16.9. The van der Waals surface area contributed by atoms with Crippen LogP contribution in [0.4, 0.5) is 8.78 Å². The number of nitrogens with zero attached hydrogens (tertiary/aromatic N) is 2. The molecular formula is C29H32F2N2O2. The first kappa shape index (κ1) is 24.8. The van der Waals surface area contributed by atoms with E-state index in [-0.39, 0.29) is 29.4 Å². The molecule has 1 atom stereocenters. The molecule has 2 aliphatic rings. The molecule has 2 heterocycles. The standard InChI is InChI=1S/C29H32F2N2O2/c1-21(20-29(35)33-18-14-25(15-19-33)23-5-9-27(31)10-6-23)2-11-28(34)32-16-12-24(13-17-32)22-3-7-26(30)8-4-22/h3-10,12,14,21H,2,11,13,15-20H2,1H3. The summed E-state index contributed by atoms with van der Waals surface area (Å²) in [6.45, 7) is 4.47. The van der Waals surface area contributed by atoms with Crippen molar-refractivity contribution in [3.8, 4) is 0 Å². The summed E-state index contributed by atoms with van der Waals surface area (Å²) >= 11 is 0. The van der Waals surface area contributed by atoms with Crippen molar-refractivity contribution in [2.45, 2.75) is 39.0 Å². The van der Waals surface area contributed by atoms with Gasteiger partial charge in [-0.2, -0.15) is 0 Å². The van der Waals surface area contributed by atoms with Crippen LogP contribution < -0.4 is 0 Å². The Balaban J connectivity index is 1.19. The number of carbonyl (C=O) groups excluding carboxylic acids is 2. The van der Waals surface area contributed by atoms with Gasteiger partial charge < -0.3 is 9.80 Å². The molecule has 0 spiro atoms. The van der Waals surface area contributed by atoms with E-state index < -0.39 is 0 Å². The van der Waals surface area contributed by atoms with Gasteiger partial charge in [0.1, 0.15) is 11.6 Å². The Labute approximate surface area is 205 Å². The fourth-order valence-corrected chi connectivity index (χ4v) is 4.70. The first-order valence-corrected chi connectivity index (χ1v) is 12.3. The monoisotopic (exact) mass is 478 g/mol. The molecule has 35 heavy (non-hydrogen) atoms. The second kappa shape index (κ2) is 11.4. The van der Waals surface area contributed by atoms with Gasteiger partial charge in [0.15, 0.2) is 0 Å². The lowest BCUT2D eigenvalue weighted by atomic mass is 9.97. The lowest BCUT2D eigenvalue weighted by Crippen LogP contribution is -2.36. The molecule has 2 amide bonds. The van der Waals surface area contributed by atoms with Gasteiger partial charge in [-0.3, -0.25) is 9.59 Å². The van der Waals surface area contributed by atoms with Crippen LogP contribution >= 0.6 is 0 Å². The van der Waals surface area contributed by atoms with E-state index in [4.69, 9.17) is 0 Å². The van der Waals surface area contributed by atoms with Crippen LogP contribution in [0.2, 0.25) is 0 Å². The molecule has 6 heteroatoms. The Morgan fingerprint density at radius 1 is 0.771 bits per heavy atom. The molecule has 2 aromatic rings. The van der Waals surface area contributed by atoms with Gasteiger partial charge in [0, 0.05) is 39.0 Å². The highest BCUT2D eigenvalue weighted by Crippen LogP contribution is 2.25. The number of hydrogen-bond acceptors (Lipinski definition) is 2. The van der Waals surface area contributed by atoms with Crippen LogP contribution in [0, 0.1) is 17.6 Å². The highest BCUT2D eigenvalue weighted by atomic mass is 19.1. The summed E-state index contributed by atoms with van der Waals surface area (Å²) in [7, 11) is 0. The molecule has 2 aromatic carbocycles. The van der Waals surface area contributed by atoms with Crippen molar-refractivity contribution in [2.24, 2.45) is 5.92 Å². The molecular weight excluding hydrogens is 446 g/mol. The lowest BCUT2D eigenvalue weighted by molar-refractivity contribution is -0.133. The molecule has 4 nitrogen and oxygen atoms in total. The minimum Gasteiger partial charge on any atom is -0.339 e. The molecule has 0 fully saturated rings. The third kappa shape index (κ3) is 6.65. The summed E-state index contributed by atoms with van der Waals surface area (Å²) in [6.07, 6.45) is 7.16. The molecule has 0 aromatic heterocycles. The van der Waals surface area contributed by atoms with E-state index >= 15 is 0 Å². The molecule has 4 rings (SSSR count). The first-order valence-electron chi connectivity index (χ1n) is 12.3. The lowest BCUT2D eigenvalue weighted by Gasteiger charge is -2.28. The number of halogens is 2. The van der Waals surface area contributed by atoms with Gasteiger partial charge in [0.2, 0.25) is 11.8 Å². The van der Waals surface area contributed by atoms with E-state index in [0.29, 0.717) is 45.4 Å². The number of amides is 2. The quantitative estimate of drug-likeness (QED) is 0.512. The van der Waals surface area contributed by atoms with Gasteiger partial charge in [-0.1, -0.05) is 43.3 Å². The molecule has 0 aliphatic carbocycles. The average molecular weight is 479 g/mol. The minimum atomic E-state index is -0.249. The Kier molecular flexibility index (Phi) is 8.11. The molecule has 1 unspecified atom stereocenters. The highest BCUT2D eigenvalue weighted by molar-refractivity contribution is 5.80. The second-order valence-electron chi connectivity index (χ2n) is 9.50. The summed E-state index contributed by atoms with van der Waals surface area (Å²) in [5.74, 6) is -0.140. The molecule has 0 bridgehead atoms. The molecule has 0 saturated heterocycles. The van der Waals surface area contributed by atoms with Crippen LogP contribution in [-0.2, 0) is 9.59 Å². The van der Waals surface area contributed by atoms with Crippen molar-refractivity contribution in [3.63, 3.8) is 0 Å². The van der Waals surface area contributed by atoms with Gasteiger partial charge in [-0.05, 0) is 71.7 Å². The number of hydrogen-bond donors (Lipinski definition) is 0. The summed E-state index contributed by atoms with van der Waals surface area (Å²) in [5.41, 5.74) is 4.29. The van der Waals surface area contributed by atoms with Crippen molar-refractivity contribution in [3.05, 3.63) is 83.4 Å². The van der Waals surface area contributed by atoms with E-state index in [1.807, 2.05) is 28.9 Å². The van der Waals surface area contributed by atoms with Crippen LogP contribution in [0.3, 0.4) is 0 Å². The number of carbonyl (C=O) groups is 2. The van der Waals surface area contributed by atoms with Crippen molar-refractivity contribution in [1.82, 2.24) is 9.80 Å². The second-order valence-corrected chi connectivity index (χ2v) is 9.50. The normalized spacial score (nSPS) is 17.0. The van der Waals surface area contributed by atoms with E-state index in [9.17, 15) is 18.4 Å². The van der Waals surface area contributed by atoms with E-state index in [0.717, 1.165) is 35.1 Å². The van der Waals surface area contributed by atoms with Crippen LogP contribution in [0.1, 0.15) is 50.2 Å². The topological polar surface area (TPSA) is 40.6 Å². The van der Waals surface area contributed by atoms with Crippen molar-refractivity contribution in [2.75, 3.05) is 26.2 Å². The van der Waals surface area contributed by atoms with E-state index in [1.165, 1.54) is 24.3 Å². The third-order valence-electron chi connectivity index (χ3n) is 6.93. The van der Waals surface area contributed by atoms with E-state index in [2.05, 4.69) is 0 Å². The Morgan fingerprint density at radius 2 is 1.23 bits per heavy atom. The fraction of sp³-hybridized carbons (Fsp3) is 0.379. The number of benzene rings is 2. The maximum Gasteiger partial charge on any atom is 0.223 e. The average Bonchev–Trinajstić information content (AvgIpc) is 2.88. The predicted octanol–water partition coefficient (Wildman–Crippen LogP) is 5.70. The Hall–Kier alpha value is -3.28. The zero-order valence-corrected chi connectivity index (χ0v) is 20.2. The summed E-state index contributed by atoms with van der Waals surface area (Å²) < 4.78 is 26.3. The van der Waals surface area contributed by atoms with Crippen LogP contribution in [0.15, 0.2) is 60.7 Å². The Bertz CT molecular complexity index is 1110. The van der Waals surface area contributed by atoms with Crippen LogP contribution in [0.5, 0.6) is 0 Å². The minimum absolute atomic E-state index is 0.114. The van der Waals surface area contributed by atoms with Crippen molar-refractivity contribution >= 4 is 23.0 Å². The van der Waals surface area contributed by atoms with Gasteiger partial charge in [0.05, 0.1) is 0 Å². The van der Waals surface area contributed by atoms with Gasteiger partial charge in [0.25, 0.3) is 0 Å². The fourth-order valence-electron chi connectivity index (χ4n) is 4.70. The summed E-state index contributed by atoms with van der Waals surface area (Å²) in [5, 5.41) is 0. The maximum absolute atomic E-state index is 13.1. The maximum atomic E-state index is 13.1. The molecule has 184 valence electrons. The molecule has 0 saturated carbocycles.